The van der Waals surface area contributed by atoms with Gasteiger partial charge in [0.15, 0.2) is 12.2 Å². The van der Waals surface area contributed by atoms with Gasteiger partial charge in [-0.2, -0.15) is 5.10 Å². The standard InChI is InChI=1S/C18H21ClN6O3/c1-11(19)8-9-25-14-15(24(2)18(27)22-16(14)26)21-17(25)23-20-10-12-4-6-13(28-3)7-5-12/h4-8,10,14-15H,9H2,1-3H3,(H,21,23)(H,22,26,27)/b11-8-,20-10-. The monoisotopic (exact) mass is 404 g/mol. The number of benzene rings is 1. The molecule has 0 radical (unpaired) electrons. The summed E-state index contributed by atoms with van der Waals surface area (Å²) in [5, 5.41) is 7.13. The Balaban J connectivity index is 1.79. The highest BCUT2D eigenvalue weighted by molar-refractivity contribution is 6.29. The summed E-state index contributed by atoms with van der Waals surface area (Å²) in [5.41, 5.74) is 3.73. The van der Waals surface area contributed by atoms with Gasteiger partial charge in [-0.3, -0.25) is 10.1 Å². The van der Waals surface area contributed by atoms with Gasteiger partial charge in [-0.1, -0.05) is 17.7 Å². The molecule has 2 atom stereocenters. The van der Waals surface area contributed by atoms with Crippen molar-refractivity contribution in [3.63, 3.8) is 0 Å². The topological polar surface area (TPSA) is 98.6 Å². The molecular weight excluding hydrogens is 384 g/mol. The van der Waals surface area contributed by atoms with Crippen LogP contribution >= 0.6 is 11.6 Å². The molecule has 0 bridgehead atoms. The maximum atomic E-state index is 12.4. The number of guanidine groups is 1. The number of amides is 3. The first-order valence-electron chi connectivity index (χ1n) is 8.58. The molecule has 148 valence electrons. The molecule has 2 N–H and O–H groups in total. The number of carbonyl (C=O) groups excluding carboxylic acids is 2. The number of halogens is 1. The molecule has 1 aromatic rings. The van der Waals surface area contributed by atoms with Gasteiger partial charge in [0.25, 0.3) is 5.91 Å². The number of aliphatic imine (C=N–C) groups is 1. The molecule has 3 amide bonds. The molecule has 3 rings (SSSR count). The van der Waals surface area contributed by atoms with Crippen LogP contribution in [0.1, 0.15) is 12.5 Å². The second-order valence-corrected chi connectivity index (χ2v) is 6.90. The highest BCUT2D eigenvalue weighted by Gasteiger charge is 2.48. The van der Waals surface area contributed by atoms with Gasteiger partial charge in [-0.05, 0) is 36.8 Å². The van der Waals surface area contributed by atoms with Crippen LogP contribution in [0.3, 0.4) is 0 Å². The molecular formula is C18H21ClN6O3. The van der Waals surface area contributed by atoms with Gasteiger partial charge < -0.3 is 14.5 Å². The maximum Gasteiger partial charge on any atom is 0.325 e. The first-order valence-corrected chi connectivity index (χ1v) is 8.96. The summed E-state index contributed by atoms with van der Waals surface area (Å²) in [5.74, 6) is 0.724. The number of imide groups is 1. The van der Waals surface area contributed by atoms with Crippen molar-refractivity contribution in [3.05, 3.63) is 40.9 Å². The largest absolute Gasteiger partial charge is 0.497 e. The molecule has 2 aliphatic heterocycles. The first kappa shape index (κ1) is 19.7. The van der Waals surface area contributed by atoms with Crippen molar-refractivity contribution >= 4 is 35.7 Å². The summed E-state index contributed by atoms with van der Waals surface area (Å²) in [7, 11) is 3.19. The number of urea groups is 1. The Morgan fingerprint density at radius 3 is 2.75 bits per heavy atom. The molecule has 1 saturated heterocycles. The van der Waals surface area contributed by atoms with E-state index in [0.29, 0.717) is 17.5 Å². The summed E-state index contributed by atoms with van der Waals surface area (Å²) in [6, 6.07) is 6.23. The Hall–Kier alpha value is -3.07. The molecule has 9 nitrogen and oxygen atoms in total. The zero-order valence-corrected chi connectivity index (χ0v) is 16.5. The Bertz CT molecular complexity index is 847. The number of hydrazone groups is 1. The molecule has 10 heteroatoms. The number of ether oxygens (including phenoxy) is 1. The van der Waals surface area contributed by atoms with Gasteiger partial charge in [0.2, 0.25) is 5.96 Å². The lowest BCUT2D eigenvalue weighted by Crippen LogP contribution is -2.64. The minimum Gasteiger partial charge on any atom is -0.497 e. The van der Waals surface area contributed by atoms with E-state index < -0.39 is 24.1 Å². The van der Waals surface area contributed by atoms with Crippen LogP contribution in [-0.2, 0) is 4.79 Å². The van der Waals surface area contributed by atoms with Gasteiger partial charge >= 0.3 is 6.03 Å². The predicted octanol–water partition coefficient (Wildman–Crippen LogP) is 1.31. The number of carbonyl (C=O) groups is 2. The average Bonchev–Trinajstić information content (AvgIpc) is 3.04. The Morgan fingerprint density at radius 1 is 1.39 bits per heavy atom. The zero-order chi connectivity index (χ0) is 20.3. The Kier molecular flexibility index (Phi) is 5.84. The lowest BCUT2D eigenvalue weighted by molar-refractivity contribution is -0.126. The van der Waals surface area contributed by atoms with Crippen LogP contribution in [0.2, 0.25) is 0 Å². The van der Waals surface area contributed by atoms with E-state index >= 15 is 0 Å². The third-order valence-electron chi connectivity index (χ3n) is 4.42. The molecule has 0 saturated carbocycles. The second kappa shape index (κ2) is 8.30. The van der Waals surface area contributed by atoms with E-state index in [2.05, 4.69) is 20.8 Å². The molecule has 2 heterocycles. The van der Waals surface area contributed by atoms with E-state index in [1.54, 1.807) is 38.3 Å². The van der Waals surface area contributed by atoms with Crippen LogP contribution < -0.4 is 15.5 Å². The van der Waals surface area contributed by atoms with E-state index in [4.69, 9.17) is 16.3 Å². The van der Waals surface area contributed by atoms with Crippen molar-refractivity contribution < 1.29 is 14.3 Å². The maximum absolute atomic E-state index is 12.4. The zero-order valence-electron chi connectivity index (χ0n) is 15.7. The molecule has 28 heavy (non-hydrogen) atoms. The Morgan fingerprint density at radius 2 is 2.11 bits per heavy atom. The van der Waals surface area contributed by atoms with Gasteiger partial charge in [0, 0.05) is 18.6 Å². The van der Waals surface area contributed by atoms with E-state index in [-0.39, 0.29) is 0 Å². The van der Waals surface area contributed by atoms with Crippen LogP contribution in [-0.4, -0.2) is 66.8 Å². The number of rotatable bonds is 5. The number of likely N-dealkylation sites (N-methyl/N-ethyl adjacent to an activating group) is 1. The SMILES string of the molecule is COc1ccc(/C=N\NC2=NC3C(C(=O)NC(=O)N3C)N2C/C=C(/C)Cl)cc1. The first-order chi connectivity index (χ1) is 13.4. The third kappa shape index (κ3) is 4.09. The number of nitrogens with one attached hydrogen (secondary N) is 2. The van der Waals surface area contributed by atoms with E-state index in [1.165, 1.54) is 4.90 Å². The molecule has 0 aliphatic carbocycles. The second-order valence-electron chi connectivity index (χ2n) is 6.30. The van der Waals surface area contributed by atoms with E-state index in [0.717, 1.165) is 11.3 Å². The van der Waals surface area contributed by atoms with Gasteiger partial charge in [-0.25, -0.2) is 15.2 Å². The number of allylic oxidation sites excluding steroid dienone is 1. The van der Waals surface area contributed by atoms with Gasteiger partial charge in [0.05, 0.1) is 13.3 Å². The normalized spacial score (nSPS) is 22.3. The lowest BCUT2D eigenvalue weighted by Gasteiger charge is -2.35. The molecule has 2 aliphatic rings. The average molecular weight is 405 g/mol. The minimum atomic E-state index is -0.659. The number of methoxy groups -OCH3 is 1. The summed E-state index contributed by atoms with van der Waals surface area (Å²) >= 11 is 5.95. The number of nitrogens with zero attached hydrogens (tertiary/aromatic N) is 4. The van der Waals surface area contributed by atoms with Crippen molar-refractivity contribution in [2.75, 3.05) is 20.7 Å². The van der Waals surface area contributed by atoms with Crippen molar-refractivity contribution in [2.24, 2.45) is 10.1 Å². The highest BCUT2D eigenvalue weighted by Crippen LogP contribution is 2.23. The molecule has 0 aromatic heterocycles. The van der Waals surface area contributed by atoms with Crippen molar-refractivity contribution in [2.45, 2.75) is 19.1 Å². The fourth-order valence-electron chi connectivity index (χ4n) is 2.90. The van der Waals surface area contributed by atoms with Crippen molar-refractivity contribution in [3.8, 4) is 5.75 Å². The molecule has 1 aromatic carbocycles. The van der Waals surface area contributed by atoms with Crippen LogP contribution in [0.15, 0.2) is 45.5 Å². The summed E-state index contributed by atoms with van der Waals surface area (Å²) in [6.45, 7) is 2.09. The van der Waals surface area contributed by atoms with Gasteiger partial charge in [-0.15, -0.1) is 0 Å². The molecule has 0 spiro atoms. The van der Waals surface area contributed by atoms with E-state index in [1.807, 2.05) is 24.3 Å². The lowest BCUT2D eigenvalue weighted by atomic mass is 10.1. The summed E-state index contributed by atoms with van der Waals surface area (Å²) in [4.78, 5) is 31.9. The molecule has 2 unspecified atom stereocenters. The smallest absolute Gasteiger partial charge is 0.325 e. The van der Waals surface area contributed by atoms with Crippen LogP contribution in [0.5, 0.6) is 5.75 Å². The number of fused-ring (bicyclic) bond motifs is 1. The summed E-state index contributed by atoms with van der Waals surface area (Å²) < 4.78 is 5.13. The van der Waals surface area contributed by atoms with Gasteiger partial charge in [0.1, 0.15) is 5.75 Å². The highest BCUT2D eigenvalue weighted by atomic mass is 35.5. The fraction of sp³-hybridized carbons (Fsp3) is 0.333. The number of hydrogen-bond donors (Lipinski definition) is 2. The number of hydrogen-bond acceptors (Lipinski definition) is 7. The quantitative estimate of drug-likeness (QED) is 0.569. The van der Waals surface area contributed by atoms with Crippen LogP contribution in [0, 0.1) is 0 Å². The van der Waals surface area contributed by atoms with Crippen LogP contribution in [0.4, 0.5) is 4.79 Å². The van der Waals surface area contributed by atoms with Crippen molar-refractivity contribution in [1.82, 2.24) is 20.5 Å². The minimum absolute atomic E-state index is 0.343. The Labute approximate surface area is 167 Å². The summed E-state index contributed by atoms with van der Waals surface area (Å²) in [6.07, 6.45) is 2.75. The third-order valence-corrected chi connectivity index (χ3v) is 4.58. The van der Waals surface area contributed by atoms with Crippen LogP contribution in [0.25, 0.3) is 0 Å². The molecule has 1 fully saturated rings. The van der Waals surface area contributed by atoms with Crippen molar-refractivity contribution in [1.29, 1.82) is 0 Å². The predicted molar refractivity (Wildman–Crippen MR) is 106 cm³/mol. The van der Waals surface area contributed by atoms with E-state index in [9.17, 15) is 9.59 Å². The fourth-order valence-corrected chi connectivity index (χ4v) is 2.97.